The lowest BCUT2D eigenvalue weighted by Gasteiger charge is -2.10. The number of fused-ring (bicyclic) bond motifs is 1. The molecule has 1 aromatic rings. The van der Waals surface area contributed by atoms with Crippen LogP contribution < -0.4 is 0 Å². The zero-order valence-electron chi connectivity index (χ0n) is 10.7. The molecule has 0 bridgehead atoms. The summed E-state index contributed by atoms with van der Waals surface area (Å²) < 4.78 is 2.00. The molecule has 0 spiro atoms. The molecule has 1 aromatic heterocycles. The first-order valence-corrected chi connectivity index (χ1v) is 6.13. The molecule has 4 heteroatoms. The third-order valence-corrected chi connectivity index (χ3v) is 2.97. The minimum Gasteiger partial charge on any atom is -0.343 e. The van der Waals surface area contributed by atoms with Gasteiger partial charge in [-0.2, -0.15) is 5.10 Å². The van der Waals surface area contributed by atoms with E-state index in [1.54, 1.807) is 19.0 Å². The van der Waals surface area contributed by atoms with Gasteiger partial charge in [-0.05, 0) is 19.3 Å². The molecule has 1 heterocycles. The fraction of sp³-hybridized carbons (Fsp3) is 0.538. The molecule has 1 amide bonds. The number of aromatic nitrogens is 2. The largest absolute Gasteiger partial charge is 0.343 e. The van der Waals surface area contributed by atoms with Crippen LogP contribution in [0, 0.1) is 0 Å². The first-order chi connectivity index (χ1) is 8.15. The molecule has 0 saturated heterocycles. The van der Waals surface area contributed by atoms with Crippen LogP contribution in [0.1, 0.15) is 41.5 Å². The van der Waals surface area contributed by atoms with Crippen molar-refractivity contribution in [2.75, 3.05) is 14.1 Å². The fourth-order valence-corrected chi connectivity index (χ4v) is 2.14. The number of allylic oxidation sites excluding steroid dienone is 1. The highest BCUT2D eigenvalue weighted by atomic mass is 16.2. The molecule has 0 fully saturated rings. The van der Waals surface area contributed by atoms with Crippen molar-refractivity contribution in [3.8, 4) is 0 Å². The first kappa shape index (κ1) is 11.9. The van der Waals surface area contributed by atoms with Crippen LogP contribution in [-0.4, -0.2) is 34.7 Å². The lowest BCUT2D eigenvalue weighted by atomic mass is 10.0. The highest BCUT2D eigenvalue weighted by molar-refractivity contribution is 5.96. The van der Waals surface area contributed by atoms with E-state index in [2.05, 4.69) is 18.1 Å². The molecule has 0 saturated carbocycles. The fourth-order valence-electron chi connectivity index (χ4n) is 2.14. The van der Waals surface area contributed by atoms with Crippen LogP contribution >= 0.6 is 0 Å². The Kier molecular flexibility index (Phi) is 3.31. The summed E-state index contributed by atoms with van der Waals surface area (Å²) in [5.74, 6) is -0.0114. The van der Waals surface area contributed by atoms with Gasteiger partial charge in [0, 0.05) is 31.9 Å². The molecule has 4 nitrogen and oxygen atoms in total. The summed E-state index contributed by atoms with van der Waals surface area (Å²) in [6.45, 7) is 3.01. The van der Waals surface area contributed by atoms with Gasteiger partial charge in [0.1, 0.15) is 0 Å². The zero-order valence-corrected chi connectivity index (χ0v) is 10.7. The maximum atomic E-state index is 12.1. The number of hydrogen-bond donors (Lipinski definition) is 0. The van der Waals surface area contributed by atoms with Gasteiger partial charge in [0.05, 0.1) is 0 Å². The van der Waals surface area contributed by atoms with Crippen molar-refractivity contribution < 1.29 is 4.79 Å². The summed E-state index contributed by atoms with van der Waals surface area (Å²) in [5, 5.41) is 4.48. The summed E-state index contributed by atoms with van der Waals surface area (Å²) in [5.41, 5.74) is 2.82. The van der Waals surface area contributed by atoms with Crippen LogP contribution in [0.5, 0.6) is 0 Å². The average molecular weight is 233 g/mol. The van der Waals surface area contributed by atoms with Crippen LogP contribution in [0.4, 0.5) is 0 Å². The quantitative estimate of drug-likeness (QED) is 0.800. The number of rotatable bonds is 3. The maximum absolute atomic E-state index is 12.1. The van der Waals surface area contributed by atoms with E-state index in [1.165, 1.54) is 5.69 Å². The van der Waals surface area contributed by atoms with Gasteiger partial charge in [0.15, 0.2) is 5.69 Å². The molecule has 1 aliphatic rings. The predicted octanol–water partition coefficient (Wildman–Crippen LogP) is 1.95. The second-order valence-electron chi connectivity index (χ2n) is 4.57. The number of amides is 1. The van der Waals surface area contributed by atoms with Crippen LogP contribution in [0.25, 0.3) is 6.08 Å². The Hall–Kier alpha value is -1.58. The monoisotopic (exact) mass is 233 g/mol. The molecular weight excluding hydrogens is 214 g/mol. The van der Waals surface area contributed by atoms with Crippen LogP contribution in [-0.2, 0) is 13.0 Å². The Morgan fingerprint density at radius 1 is 1.53 bits per heavy atom. The minimum absolute atomic E-state index is 0.0114. The van der Waals surface area contributed by atoms with Crippen LogP contribution in [0.2, 0.25) is 0 Å². The molecular formula is C13H19N3O. The summed E-state index contributed by atoms with van der Waals surface area (Å²) in [6.07, 6.45) is 7.21. The number of nitrogens with zero attached hydrogens (tertiary/aromatic N) is 3. The van der Waals surface area contributed by atoms with Gasteiger partial charge in [0.2, 0.25) is 0 Å². The second-order valence-corrected chi connectivity index (χ2v) is 4.57. The van der Waals surface area contributed by atoms with Crippen molar-refractivity contribution in [3.05, 3.63) is 23.0 Å². The normalized spacial score (nSPS) is 13.6. The lowest BCUT2D eigenvalue weighted by molar-refractivity contribution is 0.0821. The van der Waals surface area contributed by atoms with Crippen LogP contribution in [0.3, 0.4) is 0 Å². The van der Waals surface area contributed by atoms with Gasteiger partial charge in [-0.15, -0.1) is 0 Å². The molecule has 17 heavy (non-hydrogen) atoms. The van der Waals surface area contributed by atoms with Gasteiger partial charge in [-0.3, -0.25) is 9.48 Å². The molecule has 2 rings (SSSR count). The Morgan fingerprint density at radius 3 is 2.94 bits per heavy atom. The van der Waals surface area contributed by atoms with E-state index in [0.29, 0.717) is 5.69 Å². The van der Waals surface area contributed by atoms with Crippen molar-refractivity contribution in [1.29, 1.82) is 0 Å². The van der Waals surface area contributed by atoms with Gasteiger partial charge in [0.25, 0.3) is 5.91 Å². The number of carbonyl (C=O) groups excluding carboxylic acids is 1. The van der Waals surface area contributed by atoms with E-state index in [4.69, 9.17) is 0 Å². The number of aryl methyl sites for hydroxylation is 1. The van der Waals surface area contributed by atoms with E-state index < -0.39 is 0 Å². The smallest absolute Gasteiger partial charge is 0.274 e. The Balaban J connectivity index is 2.47. The number of carbonyl (C=O) groups is 1. The van der Waals surface area contributed by atoms with E-state index in [1.807, 2.05) is 10.8 Å². The standard InChI is InChI=1S/C13H19N3O/c1-4-9-16-11-8-6-5-7-10(11)12(14-16)13(17)15(2)3/h5,7H,4,6,8-9H2,1-3H3. The van der Waals surface area contributed by atoms with Gasteiger partial charge in [-0.1, -0.05) is 19.1 Å². The Labute approximate surface area is 102 Å². The third-order valence-electron chi connectivity index (χ3n) is 2.97. The third kappa shape index (κ3) is 2.12. The van der Waals surface area contributed by atoms with Crippen molar-refractivity contribution in [1.82, 2.24) is 14.7 Å². The molecule has 0 atom stereocenters. The zero-order chi connectivity index (χ0) is 12.4. The highest BCUT2D eigenvalue weighted by Crippen LogP contribution is 2.23. The summed E-state index contributed by atoms with van der Waals surface area (Å²) >= 11 is 0. The number of hydrogen-bond acceptors (Lipinski definition) is 2. The molecule has 0 radical (unpaired) electrons. The SMILES string of the molecule is CCCn1nc(C(=O)N(C)C)c2c1CCC=C2. The molecule has 0 unspecified atom stereocenters. The summed E-state index contributed by atoms with van der Waals surface area (Å²) in [4.78, 5) is 13.6. The summed E-state index contributed by atoms with van der Waals surface area (Å²) in [7, 11) is 3.53. The highest BCUT2D eigenvalue weighted by Gasteiger charge is 2.23. The van der Waals surface area contributed by atoms with E-state index in [0.717, 1.165) is 31.4 Å². The molecule has 0 aromatic carbocycles. The molecule has 92 valence electrons. The Bertz CT molecular complexity index is 457. The maximum Gasteiger partial charge on any atom is 0.274 e. The molecule has 1 aliphatic carbocycles. The van der Waals surface area contributed by atoms with Crippen molar-refractivity contribution in [2.45, 2.75) is 32.7 Å². The average Bonchev–Trinajstić information content (AvgIpc) is 2.68. The Morgan fingerprint density at radius 2 is 2.29 bits per heavy atom. The van der Waals surface area contributed by atoms with Gasteiger partial charge >= 0.3 is 0 Å². The van der Waals surface area contributed by atoms with Crippen molar-refractivity contribution in [3.63, 3.8) is 0 Å². The van der Waals surface area contributed by atoms with Crippen molar-refractivity contribution >= 4 is 12.0 Å². The van der Waals surface area contributed by atoms with E-state index >= 15 is 0 Å². The molecule has 0 aliphatic heterocycles. The van der Waals surface area contributed by atoms with Crippen molar-refractivity contribution in [2.24, 2.45) is 0 Å². The second kappa shape index (κ2) is 4.73. The van der Waals surface area contributed by atoms with Gasteiger partial charge in [-0.25, -0.2) is 0 Å². The summed E-state index contributed by atoms with van der Waals surface area (Å²) in [6, 6.07) is 0. The minimum atomic E-state index is -0.0114. The van der Waals surface area contributed by atoms with E-state index in [-0.39, 0.29) is 5.91 Å². The lowest BCUT2D eigenvalue weighted by Crippen LogP contribution is -2.23. The van der Waals surface area contributed by atoms with E-state index in [9.17, 15) is 4.79 Å². The van der Waals surface area contributed by atoms with Crippen LogP contribution in [0.15, 0.2) is 6.08 Å². The molecule has 0 N–H and O–H groups in total. The predicted molar refractivity (Wildman–Crippen MR) is 67.9 cm³/mol. The topological polar surface area (TPSA) is 38.1 Å². The first-order valence-electron chi connectivity index (χ1n) is 6.13. The van der Waals surface area contributed by atoms with Gasteiger partial charge < -0.3 is 4.90 Å².